The van der Waals surface area contributed by atoms with Gasteiger partial charge in [-0.25, -0.2) is 4.98 Å². The lowest BCUT2D eigenvalue weighted by atomic mass is 9.97. The number of thiophene rings is 1. The van der Waals surface area contributed by atoms with Gasteiger partial charge < -0.3 is 10.2 Å². The average Bonchev–Trinajstić information content (AvgIpc) is 3.09. The highest BCUT2D eigenvalue weighted by atomic mass is 32.2. The zero-order chi connectivity index (χ0) is 15.1. The summed E-state index contributed by atoms with van der Waals surface area (Å²) >= 11 is 3.40. The summed E-state index contributed by atoms with van der Waals surface area (Å²) in [6, 6.07) is 2.21. The van der Waals surface area contributed by atoms with Gasteiger partial charge >= 0.3 is 0 Å². The van der Waals surface area contributed by atoms with Crippen LogP contribution in [0.5, 0.6) is 0 Å². The van der Waals surface area contributed by atoms with E-state index in [0.29, 0.717) is 5.69 Å². The molecule has 116 valence electrons. The van der Waals surface area contributed by atoms with Gasteiger partial charge in [0.25, 0.3) is 5.91 Å². The van der Waals surface area contributed by atoms with Crippen LogP contribution in [0.1, 0.15) is 23.3 Å². The number of hydrogen-bond acceptors (Lipinski definition) is 5. The molecule has 1 amide bonds. The van der Waals surface area contributed by atoms with Crippen LogP contribution in [-0.2, 0) is 0 Å². The Morgan fingerprint density at radius 2 is 2.41 bits per heavy atom. The van der Waals surface area contributed by atoms with Gasteiger partial charge in [-0.1, -0.05) is 0 Å². The Bertz CT molecular complexity index is 702. The number of hydrogen-bond donors (Lipinski definition) is 1. The van der Waals surface area contributed by atoms with Crippen LogP contribution in [0.15, 0.2) is 22.5 Å². The van der Waals surface area contributed by atoms with Crippen LogP contribution < -0.4 is 5.32 Å². The van der Waals surface area contributed by atoms with Crippen molar-refractivity contribution in [3.8, 4) is 0 Å². The Labute approximate surface area is 138 Å². The van der Waals surface area contributed by atoms with Crippen LogP contribution in [0.4, 0.5) is 0 Å². The molecular formula is C16H19N3OS2. The molecule has 2 fully saturated rings. The molecule has 3 atom stereocenters. The monoisotopic (exact) mass is 333 g/mol. The van der Waals surface area contributed by atoms with E-state index >= 15 is 0 Å². The molecule has 2 aliphatic heterocycles. The summed E-state index contributed by atoms with van der Waals surface area (Å²) in [7, 11) is 0. The molecule has 0 saturated carbocycles. The number of carbonyl (C=O) groups is 1. The number of aromatic nitrogens is 1. The molecule has 4 rings (SSSR count). The molecule has 2 bridgehead atoms. The smallest absolute Gasteiger partial charge is 0.270 e. The van der Waals surface area contributed by atoms with Crippen molar-refractivity contribution in [1.82, 2.24) is 15.2 Å². The maximum Gasteiger partial charge on any atom is 0.270 e. The van der Waals surface area contributed by atoms with Gasteiger partial charge in [0.1, 0.15) is 5.69 Å². The molecule has 0 aromatic carbocycles. The molecule has 2 aliphatic rings. The van der Waals surface area contributed by atoms with Gasteiger partial charge in [0.05, 0.1) is 4.70 Å². The van der Waals surface area contributed by atoms with Gasteiger partial charge in [-0.05, 0) is 37.6 Å². The minimum Gasteiger partial charge on any atom is -0.347 e. The van der Waals surface area contributed by atoms with Crippen LogP contribution in [0.25, 0.3) is 10.1 Å². The van der Waals surface area contributed by atoms with Crippen molar-refractivity contribution < 1.29 is 4.79 Å². The fourth-order valence-electron chi connectivity index (χ4n) is 3.62. The van der Waals surface area contributed by atoms with Crippen molar-refractivity contribution in [2.24, 2.45) is 5.92 Å². The molecule has 0 spiro atoms. The van der Waals surface area contributed by atoms with Crippen molar-refractivity contribution in [3.63, 3.8) is 0 Å². The Morgan fingerprint density at radius 1 is 1.50 bits per heavy atom. The summed E-state index contributed by atoms with van der Waals surface area (Å²) in [6.45, 7) is 3.38. The number of carbonyl (C=O) groups excluding carboxylic acids is 1. The van der Waals surface area contributed by atoms with Crippen LogP contribution in [0.3, 0.4) is 0 Å². The first-order valence-electron chi connectivity index (χ1n) is 7.67. The van der Waals surface area contributed by atoms with Crippen LogP contribution in [0, 0.1) is 5.92 Å². The Morgan fingerprint density at radius 3 is 3.23 bits per heavy atom. The largest absolute Gasteiger partial charge is 0.347 e. The second kappa shape index (κ2) is 5.83. The molecule has 2 saturated heterocycles. The minimum atomic E-state index is -0.0346. The van der Waals surface area contributed by atoms with Crippen molar-refractivity contribution in [2.75, 3.05) is 25.9 Å². The molecular weight excluding hydrogens is 314 g/mol. The van der Waals surface area contributed by atoms with Gasteiger partial charge in [-0.3, -0.25) is 4.79 Å². The molecule has 1 N–H and O–H groups in total. The van der Waals surface area contributed by atoms with Crippen molar-refractivity contribution in [2.45, 2.75) is 23.8 Å². The third kappa shape index (κ3) is 2.64. The fourth-order valence-corrected chi connectivity index (χ4v) is 5.37. The molecule has 4 heterocycles. The molecule has 4 nitrogen and oxygen atoms in total. The van der Waals surface area contributed by atoms with E-state index in [9.17, 15) is 4.79 Å². The lowest BCUT2D eigenvalue weighted by molar-refractivity contribution is 0.0904. The maximum atomic E-state index is 12.5. The van der Waals surface area contributed by atoms with E-state index in [4.69, 9.17) is 0 Å². The lowest BCUT2D eigenvalue weighted by Crippen LogP contribution is -2.47. The zero-order valence-electron chi connectivity index (χ0n) is 12.5. The summed E-state index contributed by atoms with van der Waals surface area (Å²) in [5.41, 5.74) is 0.536. The maximum absolute atomic E-state index is 12.5. The van der Waals surface area contributed by atoms with E-state index in [0.717, 1.165) is 29.0 Å². The number of rotatable bonds is 3. The summed E-state index contributed by atoms with van der Waals surface area (Å²) in [5.74, 6) is 0.724. The fraction of sp³-hybridized carbons (Fsp3) is 0.500. The highest BCUT2D eigenvalue weighted by Gasteiger charge is 2.33. The molecule has 2 aromatic rings. The third-order valence-electron chi connectivity index (χ3n) is 4.68. The number of pyridine rings is 1. The van der Waals surface area contributed by atoms with Gasteiger partial charge in [0.15, 0.2) is 0 Å². The van der Waals surface area contributed by atoms with Crippen LogP contribution in [0.2, 0.25) is 0 Å². The van der Waals surface area contributed by atoms with Crippen LogP contribution in [-0.4, -0.2) is 47.7 Å². The minimum absolute atomic E-state index is 0.0346. The number of piperidine rings is 1. The van der Waals surface area contributed by atoms with E-state index in [1.165, 1.54) is 24.4 Å². The molecule has 2 aromatic heterocycles. The third-order valence-corrected chi connectivity index (χ3v) is 6.54. The second-order valence-electron chi connectivity index (χ2n) is 6.19. The van der Waals surface area contributed by atoms with E-state index in [1.807, 2.05) is 12.3 Å². The summed E-state index contributed by atoms with van der Waals surface area (Å²) in [5, 5.41) is 6.46. The molecule has 1 unspecified atom stereocenters. The lowest BCUT2D eigenvalue weighted by Gasteiger charge is -2.30. The predicted molar refractivity (Wildman–Crippen MR) is 91.8 cm³/mol. The van der Waals surface area contributed by atoms with Crippen molar-refractivity contribution in [3.05, 3.63) is 23.3 Å². The van der Waals surface area contributed by atoms with E-state index < -0.39 is 0 Å². The molecule has 0 aliphatic carbocycles. The number of amides is 1. The Balaban J connectivity index is 1.52. The molecule has 22 heavy (non-hydrogen) atoms. The summed E-state index contributed by atoms with van der Waals surface area (Å²) < 4.78 is 1.14. The van der Waals surface area contributed by atoms with E-state index in [1.54, 1.807) is 23.1 Å². The highest BCUT2D eigenvalue weighted by molar-refractivity contribution is 7.99. The summed E-state index contributed by atoms with van der Waals surface area (Å²) in [6.07, 6.45) is 6.28. The normalized spacial score (nSPS) is 27.2. The van der Waals surface area contributed by atoms with Gasteiger partial charge in [0.2, 0.25) is 0 Å². The van der Waals surface area contributed by atoms with Gasteiger partial charge in [-0.2, -0.15) is 0 Å². The molecule has 0 radical (unpaired) electrons. The van der Waals surface area contributed by atoms with E-state index in [2.05, 4.69) is 26.8 Å². The first-order chi connectivity index (χ1) is 10.7. The topological polar surface area (TPSA) is 45.2 Å². The second-order valence-corrected chi connectivity index (χ2v) is 7.95. The van der Waals surface area contributed by atoms with Crippen molar-refractivity contribution in [1.29, 1.82) is 0 Å². The van der Waals surface area contributed by atoms with Crippen LogP contribution >= 0.6 is 23.1 Å². The van der Waals surface area contributed by atoms with Gasteiger partial charge in [-0.15, -0.1) is 23.1 Å². The van der Waals surface area contributed by atoms with Crippen molar-refractivity contribution >= 4 is 39.1 Å². The number of fused-ring (bicyclic) bond motifs is 3. The Hall–Kier alpha value is -1.11. The summed E-state index contributed by atoms with van der Waals surface area (Å²) in [4.78, 5) is 20.5. The number of nitrogens with zero attached hydrogens (tertiary/aromatic N) is 2. The number of thioether (sulfide) groups is 1. The Kier molecular flexibility index (Phi) is 3.84. The quantitative estimate of drug-likeness (QED) is 0.878. The number of nitrogens with one attached hydrogen (secondary N) is 1. The SMILES string of the molecule is CSc1csc2cnc(C(=O)N[C@@H]3C[C@@H]4CCN(C4)C3)cc12. The van der Waals surface area contributed by atoms with E-state index in [-0.39, 0.29) is 11.9 Å². The highest BCUT2D eigenvalue weighted by Crippen LogP contribution is 2.32. The molecule has 6 heteroatoms. The average molecular weight is 333 g/mol. The predicted octanol–water partition coefficient (Wildman–Crippen LogP) is 2.84. The standard InChI is InChI=1S/C16H19N3OS2/c1-21-15-9-22-14-6-17-13(5-12(14)15)16(20)18-11-4-10-2-3-19(7-10)8-11/h5-6,9-11H,2-4,7-8H2,1H3,(H,18,20)/t10-,11+/m0/s1. The first kappa shape index (κ1) is 14.5. The van der Waals surface area contributed by atoms with Gasteiger partial charge in [0, 0.05) is 41.0 Å². The zero-order valence-corrected chi connectivity index (χ0v) is 14.2. The first-order valence-corrected chi connectivity index (χ1v) is 9.78.